The van der Waals surface area contributed by atoms with Gasteiger partial charge in [0.2, 0.25) is 0 Å². The Morgan fingerprint density at radius 1 is 1.59 bits per heavy atom. The molecule has 1 unspecified atom stereocenters. The average molecular weight is 253 g/mol. The molecule has 1 aliphatic rings. The van der Waals surface area contributed by atoms with Gasteiger partial charge < -0.3 is 4.90 Å². The predicted molar refractivity (Wildman–Crippen MR) is 68.1 cm³/mol. The maximum Gasteiger partial charge on any atom is 0.254 e. The summed E-state index contributed by atoms with van der Waals surface area (Å²) in [5.41, 5.74) is 0.634. The Morgan fingerprint density at radius 2 is 2.35 bits per heavy atom. The Labute approximate surface area is 107 Å². The van der Waals surface area contributed by atoms with Crippen LogP contribution in [0.2, 0.25) is 5.15 Å². The second-order valence-electron chi connectivity index (χ2n) is 4.91. The highest BCUT2D eigenvalue weighted by Gasteiger charge is 2.28. The Bertz CT molecular complexity index is 420. The Hall–Kier alpha value is -1.09. The zero-order chi connectivity index (χ0) is 12.4. The van der Waals surface area contributed by atoms with E-state index in [0.717, 1.165) is 19.5 Å². The summed E-state index contributed by atoms with van der Waals surface area (Å²) < 4.78 is 0. The summed E-state index contributed by atoms with van der Waals surface area (Å²) in [5.74, 6) is 1.32. The van der Waals surface area contributed by atoms with Crippen LogP contribution < -0.4 is 0 Å². The van der Waals surface area contributed by atoms with Crippen molar-refractivity contribution >= 4 is 17.5 Å². The first-order chi connectivity index (χ1) is 8.08. The highest BCUT2D eigenvalue weighted by Crippen LogP contribution is 2.25. The van der Waals surface area contributed by atoms with Crippen molar-refractivity contribution in [2.45, 2.75) is 20.3 Å². The molecule has 92 valence electrons. The molecule has 1 aliphatic heterocycles. The molecular weight excluding hydrogens is 236 g/mol. The van der Waals surface area contributed by atoms with Crippen molar-refractivity contribution in [1.82, 2.24) is 9.88 Å². The van der Waals surface area contributed by atoms with Crippen molar-refractivity contribution in [2.75, 3.05) is 13.1 Å². The van der Waals surface area contributed by atoms with Gasteiger partial charge in [0.05, 0.1) is 0 Å². The van der Waals surface area contributed by atoms with Crippen LogP contribution in [0, 0.1) is 11.8 Å². The summed E-state index contributed by atoms with van der Waals surface area (Å²) in [5, 5.41) is 0.371. The molecule has 0 spiro atoms. The Balaban J connectivity index is 2.07. The van der Waals surface area contributed by atoms with Crippen LogP contribution in [0.1, 0.15) is 30.6 Å². The number of hydrogen-bond acceptors (Lipinski definition) is 2. The first-order valence-electron chi connectivity index (χ1n) is 5.98. The number of rotatable bonds is 2. The number of amides is 1. The van der Waals surface area contributed by atoms with Gasteiger partial charge in [-0.15, -0.1) is 0 Å². The average Bonchev–Trinajstić information content (AvgIpc) is 2.77. The number of halogens is 1. The first-order valence-corrected chi connectivity index (χ1v) is 6.36. The Morgan fingerprint density at radius 3 is 2.94 bits per heavy atom. The van der Waals surface area contributed by atoms with Crippen LogP contribution >= 0.6 is 11.6 Å². The summed E-state index contributed by atoms with van der Waals surface area (Å²) in [6.45, 7) is 6.13. The minimum atomic E-state index is 0.0671. The van der Waals surface area contributed by atoms with Crippen molar-refractivity contribution in [3.8, 4) is 0 Å². The van der Waals surface area contributed by atoms with Gasteiger partial charge >= 0.3 is 0 Å². The van der Waals surface area contributed by atoms with E-state index in [1.807, 2.05) is 4.90 Å². The van der Waals surface area contributed by atoms with E-state index >= 15 is 0 Å². The molecule has 0 saturated carbocycles. The minimum Gasteiger partial charge on any atom is -0.338 e. The number of likely N-dealkylation sites (tertiary alicyclic amines) is 1. The molecule has 0 aliphatic carbocycles. The quantitative estimate of drug-likeness (QED) is 0.759. The third kappa shape index (κ3) is 2.78. The van der Waals surface area contributed by atoms with E-state index < -0.39 is 0 Å². The molecule has 1 amide bonds. The number of hydrogen-bond donors (Lipinski definition) is 0. The fourth-order valence-corrected chi connectivity index (χ4v) is 2.41. The normalized spacial score (nSPS) is 20.0. The highest BCUT2D eigenvalue weighted by atomic mass is 35.5. The van der Waals surface area contributed by atoms with E-state index in [0.29, 0.717) is 22.6 Å². The van der Waals surface area contributed by atoms with Crippen LogP contribution in [0.5, 0.6) is 0 Å². The van der Waals surface area contributed by atoms with Crippen molar-refractivity contribution in [2.24, 2.45) is 11.8 Å². The summed E-state index contributed by atoms with van der Waals surface area (Å²) in [6, 6.07) is 3.35. The largest absolute Gasteiger partial charge is 0.338 e. The molecule has 17 heavy (non-hydrogen) atoms. The van der Waals surface area contributed by atoms with Crippen LogP contribution in [-0.4, -0.2) is 28.9 Å². The van der Waals surface area contributed by atoms with Gasteiger partial charge in [-0.1, -0.05) is 25.4 Å². The lowest BCUT2D eigenvalue weighted by Gasteiger charge is -2.18. The van der Waals surface area contributed by atoms with Crippen LogP contribution in [-0.2, 0) is 0 Å². The summed E-state index contributed by atoms with van der Waals surface area (Å²) >= 11 is 5.79. The molecule has 1 atom stereocenters. The van der Waals surface area contributed by atoms with Crippen LogP contribution in [0.15, 0.2) is 18.3 Å². The number of aromatic nitrogens is 1. The predicted octanol–water partition coefficient (Wildman–Crippen LogP) is 2.85. The third-order valence-electron chi connectivity index (χ3n) is 3.43. The summed E-state index contributed by atoms with van der Waals surface area (Å²) in [7, 11) is 0. The summed E-state index contributed by atoms with van der Waals surface area (Å²) in [4.78, 5) is 18.0. The summed E-state index contributed by atoms with van der Waals surface area (Å²) in [6.07, 6.45) is 2.67. The molecule has 1 aromatic heterocycles. The second-order valence-corrected chi connectivity index (χ2v) is 5.30. The van der Waals surface area contributed by atoms with E-state index in [4.69, 9.17) is 11.6 Å². The lowest BCUT2D eigenvalue weighted by atomic mass is 9.95. The van der Waals surface area contributed by atoms with Crippen LogP contribution in [0.4, 0.5) is 0 Å². The van der Waals surface area contributed by atoms with Gasteiger partial charge in [0, 0.05) is 24.8 Å². The standard InChI is InChI=1S/C13H17ClN2O/c1-9(2)11-4-6-16(8-11)13(17)10-3-5-15-12(14)7-10/h3,5,7,9,11H,4,6,8H2,1-2H3. The van der Waals surface area contributed by atoms with E-state index in [1.165, 1.54) is 0 Å². The molecule has 0 radical (unpaired) electrons. The molecule has 1 saturated heterocycles. The maximum atomic E-state index is 12.2. The van der Waals surface area contributed by atoms with Gasteiger partial charge in [-0.3, -0.25) is 4.79 Å². The van der Waals surface area contributed by atoms with Crippen molar-refractivity contribution in [3.05, 3.63) is 29.0 Å². The van der Waals surface area contributed by atoms with E-state index in [2.05, 4.69) is 18.8 Å². The lowest BCUT2D eigenvalue weighted by molar-refractivity contribution is 0.0784. The molecule has 1 fully saturated rings. The zero-order valence-electron chi connectivity index (χ0n) is 10.2. The molecule has 2 rings (SSSR count). The first kappa shape index (κ1) is 12.4. The van der Waals surface area contributed by atoms with E-state index in [1.54, 1.807) is 18.3 Å². The van der Waals surface area contributed by atoms with Crippen molar-refractivity contribution in [3.63, 3.8) is 0 Å². The van der Waals surface area contributed by atoms with Crippen molar-refractivity contribution < 1.29 is 4.79 Å². The fraction of sp³-hybridized carbons (Fsp3) is 0.538. The molecule has 3 nitrogen and oxygen atoms in total. The smallest absolute Gasteiger partial charge is 0.254 e. The number of carbonyl (C=O) groups is 1. The monoisotopic (exact) mass is 252 g/mol. The van der Waals surface area contributed by atoms with Gasteiger partial charge in [0.25, 0.3) is 5.91 Å². The van der Waals surface area contributed by atoms with Crippen LogP contribution in [0.3, 0.4) is 0 Å². The van der Waals surface area contributed by atoms with Gasteiger partial charge in [0.15, 0.2) is 0 Å². The zero-order valence-corrected chi connectivity index (χ0v) is 10.9. The van der Waals surface area contributed by atoms with Gasteiger partial charge in [-0.25, -0.2) is 4.98 Å². The number of nitrogens with zero attached hydrogens (tertiary/aromatic N) is 2. The fourth-order valence-electron chi connectivity index (χ4n) is 2.23. The van der Waals surface area contributed by atoms with Gasteiger partial charge in [0.1, 0.15) is 5.15 Å². The molecular formula is C13H17ClN2O. The lowest BCUT2D eigenvalue weighted by Crippen LogP contribution is -2.29. The van der Waals surface area contributed by atoms with Crippen LogP contribution in [0.25, 0.3) is 0 Å². The maximum absolute atomic E-state index is 12.2. The number of pyridine rings is 1. The van der Waals surface area contributed by atoms with Crippen molar-refractivity contribution in [1.29, 1.82) is 0 Å². The third-order valence-corrected chi connectivity index (χ3v) is 3.63. The molecule has 0 aromatic carbocycles. The molecule has 2 heterocycles. The SMILES string of the molecule is CC(C)C1CCN(C(=O)c2ccnc(Cl)c2)C1. The number of carbonyl (C=O) groups excluding carboxylic acids is 1. The molecule has 4 heteroatoms. The minimum absolute atomic E-state index is 0.0671. The van der Waals surface area contributed by atoms with Gasteiger partial charge in [-0.05, 0) is 30.4 Å². The highest BCUT2D eigenvalue weighted by molar-refractivity contribution is 6.29. The van der Waals surface area contributed by atoms with Gasteiger partial charge in [-0.2, -0.15) is 0 Å². The molecule has 1 aromatic rings. The molecule has 0 N–H and O–H groups in total. The Kier molecular flexibility index (Phi) is 3.67. The molecule has 0 bridgehead atoms. The second kappa shape index (κ2) is 5.05. The van der Waals surface area contributed by atoms with E-state index in [9.17, 15) is 4.79 Å². The van der Waals surface area contributed by atoms with E-state index in [-0.39, 0.29) is 5.91 Å². The topological polar surface area (TPSA) is 33.2 Å².